The van der Waals surface area contributed by atoms with E-state index < -0.39 is 0 Å². The zero-order valence-electron chi connectivity index (χ0n) is 11.6. The highest BCUT2D eigenvalue weighted by molar-refractivity contribution is 5.37. The van der Waals surface area contributed by atoms with Gasteiger partial charge in [-0.3, -0.25) is 4.90 Å². The van der Waals surface area contributed by atoms with Crippen molar-refractivity contribution >= 4 is 0 Å². The highest BCUT2D eigenvalue weighted by Gasteiger charge is 2.20. The standard InChI is InChI=1S/C15H23NO2/c1-11-6-12(2)15(13(3)7-11)9-16-4-5-18-14(8-16)10-17/h6-7,14,17H,4-5,8-10H2,1-3H3. The molecule has 1 aliphatic rings. The van der Waals surface area contributed by atoms with Crippen molar-refractivity contribution in [3.8, 4) is 0 Å². The minimum atomic E-state index is -0.0233. The van der Waals surface area contributed by atoms with Crippen LogP contribution in [0.4, 0.5) is 0 Å². The molecule has 1 aromatic rings. The highest BCUT2D eigenvalue weighted by Crippen LogP contribution is 2.19. The summed E-state index contributed by atoms with van der Waals surface area (Å²) in [6, 6.07) is 4.48. The number of ether oxygens (including phenoxy) is 1. The van der Waals surface area contributed by atoms with Gasteiger partial charge in [0.1, 0.15) is 0 Å². The average Bonchev–Trinajstić information content (AvgIpc) is 2.34. The molecule has 100 valence electrons. The number of benzene rings is 1. The Balaban J connectivity index is 2.09. The van der Waals surface area contributed by atoms with E-state index in [1.54, 1.807) is 0 Å². The summed E-state index contributed by atoms with van der Waals surface area (Å²) in [7, 11) is 0. The summed E-state index contributed by atoms with van der Waals surface area (Å²) in [6.45, 7) is 10.1. The lowest BCUT2D eigenvalue weighted by Gasteiger charge is -2.32. The van der Waals surface area contributed by atoms with Crippen LogP contribution in [0.2, 0.25) is 0 Å². The van der Waals surface area contributed by atoms with Gasteiger partial charge >= 0.3 is 0 Å². The number of aliphatic hydroxyl groups is 1. The van der Waals surface area contributed by atoms with E-state index >= 15 is 0 Å². The van der Waals surface area contributed by atoms with Crippen LogP contribution in [-0.2, 0) is 11.3 Å². The Kier molecular flexibility index (Phi) is 4.38. The molecule has 1 aliphatic heterocycles. The van der Waals surface area contributed by atoms with Gasteiger partial charge in [0.25, 0.3) is 0 Å². The van der Waals surface area contributed by atoms with Gasteiger partial charge in [-0.15, -0.1) is 0 Å². The Morgan fingerprint density at radius 2 is 1.94 bits per heavy atom. The van der Waals surface area contributed by atoms with Crippen molar-refractivity contribution in [2.75, 3.05) is 26.3 Å². The number of hydrogen-bond acceptors (Lipinski definition) is 3. The summed E-state index contributed by atoms with van der Waals surface area (Å²) < 4.78 is 5.48. The molecule has 0 saturated carbocycles. The number of nitrogens with zero attached hydrogens (tertiary/aromatic N) is 1. The first-order chi connectivity index (χ1) is 8.60. The quantitative estimate of drug-likeness (QED) is 0.886. The number of aliphatic hydroxyl groups excluding tert-OH is 1. The van der Waals surface area contributed by atoms with E-state index in [4.69, 9.17) is 9.84 Å². The summed E-state index contributed by atoms with van der Waals surface area (Å²) in [5, 5.41) is 9.17. The van der Waals surface area contributed by atoms with Crippen LogP contribution in [0, 0.1) is 20.8 Å². The lowest BCUT2D eigenvalue weighted by atomic mass is 9.99. The van der Waals surface area contributed by atoms with Crippen molar-refractivity contribution in [1.82, 2.24) is 4.90 Å². The monoisotopic (exact) mass is 249 g/mol. The second-order valence-corrected chi connectivity index (χ2v) is 5.29. The fraction of sp³-hybridized carbons (Fsp3) is 0.600. The molecule has 1 heterocycles. The average molecular weight is 249 g/mol. The van der Waals surface area contributed by atoms with Crippen LogP contribution in [0.3, 0.4) is 0 Å². The van der Waals surface area contributed by atoms with Crippen LogP contribution in [0.25, 0.3) is 0 Å². The van der Waals surface area contributed by atoms with Crippen molar-refractivity contribution in [2.45, 2.75) is 33.4 Å². The summed E-state index contributed by atoms with van der Waals surface area (Å²) in [6.07, 6.45) is -0.0233. The normalized spacial score (nSPS) is 21.2. The van der Waals surface area contributed by atoms with Crippen LogP contribution >= 0.6 is 0 Å². The smallest absolute Gasteiger partial charge is 0.0933 e. The van der Waals surface area contributed by atoms with E-state index in [2.05, 4.69) is 37.8 Å². The Morgan fingerprint density at radius 3 is 2.56 bits per heavy atom. The molecular formula is C15H23NO2. The second kappa shape index (κ2) is 5.83. The van der Waals surface area contributed by atoms with Crippen molar-refractivity contribution < 1.29 is 9.84 Å². The first-order valence-electron chi connectivity index (χ1n) is 6.61. The molecule has 1 atom stereocenters. The molecule has 0 spiro atoms. The van der Waals surface area contributed by atoms with Gasteiger partial charge in [0.2, 0.25) is 0 Å². The first-order valence-corrected chi connectivity index (χ1v) is 6.61. The predicted molar refractivity (Wildman–Crippen MR) is 72.8 cm³/mol. The fourth-order valence-corrected chi connectivity index (χ4v) is 2.72. The zero-order valence-corrected chi connectivity index (χ0v) is 11.6. The highest BCUT2D eigenvalue weighted by atomic mass is 16.5. The lowest BCUT2D eigenvalue weighted by Crippen LogP contribution is -2.43. The van der Waals surface area contributed by atoms with E-state index in [9.17, 15) is 0 Å². The van der Waals surface area contributed by atoms with Crippen LogP contribution in [-0.4, -0.2) is 42.4 Å². The van der Waals surface area contributed by atoms with Gasteiger partial charge in [0, 0.05) is 19.6 Å². The molecule has 0 aliphatic carbocycles. The molecule has 0 aromatic heterocycles. The molecule has 0 bridgehead atoms. The van der Waals surface area contributed by atoms with Gasteiger partial charge in [-0.2, -0.15) is 0 Å². The van der Waals surface area contributed by atoms with Crippen molar-refractivity contribution in [3.05, 3.63) is 34.4 Å². The van der Waals surface area contributed by atoms with Gasteiger partial charge in [-0.05, 0) is 37.5 Å². The molecule has 0 radical (unpaired) electrons. The summed E-state index contributed by atoms with van der Waals surface area (Å²) in [5.74, 6) is 0. The van der Waals surface area contributed by atoms with E-state index in [1.165, 1.54) is 22.3 Å². The Hall–Kier alpha value is -0.900. The Labute approximate surface area is 109 Å². The number of rotatable bonds is 3. The Morgan fingerprint density at radius 1 is 1.28 bits per heavy atom. The second-order valence-electron chi connectivity index (χ2n) is 5.29. The summed E-state index contributed by atoms with van der Waals surface area (Å²) in [4.78, 5) is 2.37. The molecule has 3 heteroatoms. The number of morpholine rings is 1. The van der Waals surface area contributed by atoms with Crippen LogP contribution in [0.1, 0.15) is 22.3 Å². The molecule has 1 aromatic carbocycles. The number of aryl methyl sites for hydroxylation is 3. The minimum Gasteiger partial charge on any atom is -0.394 e. The van der Waals surface area contributed by atoms with E-state index in [0.29, 0.717) is 0 Å². The maximum Gasteiger partial charge on any atom is 0.0933 e. The zero-order chi connectivity index (χ0) is 13.1. The molecule has 1 fully saturated rings. The van der Waals surface area contributed by atoms with E-state index in [1.807, 2.05) is 0 Å². The van der Waals surface area contributed by atoms with Gasteiger partial charge < -0.3 is 9.84 Å². The van der Waals surface area contributed by atoms with Crippen LogP contribution < -0.4 is 0 Å². The third-order valence-electron chi connectivity index (χ3n) is 3.65. The first kappa shape index (κ1) is 13.5. The van der Waals surface area contributed by atoms with E-state index in [0.717, 1.165) is 26.2 Å². The molecule has 3 nitrogen and oxygen atoms in total. The van der Waals surface area contributed by atoms with Crippen molar-refractivity contribution in [2.24, 2.45) is 0 Å². The molecular weight excluding hydrogens is 226 g/mol. The lowest BCUT2D eigenvalue weighted by molar-refractivity contribution is -0.0551. The van der Waals surface area contributed by atoms with Crippen molar-refractivity contribution in [1.29, 1.82) is 0 Å². The molecule has 1 saturated heterocycles. The van der Waals surface area contributed by atoms with Crippen LogP contribution in [0.15, 0.2) is 12.1 Å². The largest absolute Gasteiger partial charge is 0.394 e. The third kappa shape index (κ3) is 3.10. The van der Waals surface area contributed by atoms with Gasteiger partial charge in [0.15, 0.2) is 0 Å². The summed E-state index contributed by atoms with van der Waals surface area (Å²) >= 11 is 0. The topological polar surface area (TPSA) is 32.7 Å². The summed E-state index contributed by atoms with van der Waals surface area (Å²) in [5.41, 5.74) is 5.46. The Bertz CT molecular complexity index is 394. The van der Waals surface area contributed by atoms with Gasteiger partial charge in [-0.1, -0.05) is 17.7 Å². The predicted octanol–water partition coefficient (Wildman–Crippen LogP) is 1.80. The molecule has 2 rings (SSSR count). The number of hydrogen-bond donors (Lipinski definition) is 1. The molecule has 18 heavy (non-hydrogen) atoms. The molecule has 0 amide bonds. The van der Waals surface area contributed by atoms with Crippen molar-refractivity contribution in [3.63, 3.8) is 0 Å². The molecule has 1 unspecified atom stereocenters. The maximum absolute atomic E-state index is 9.17. The SMILES string of the molecule is Cc1cc(C)c(CN2CCOC(CO)C2)c(C)c1. The maximum atomic E-state index is 9.17. The molecule has 1 N–H and O–H groups in total. The van der Waals surface area contributed by atoms with Gasteiger partial charge in [-0.25, -0.2) is 0 Å². The van der Waals surface area contributed by atoms with Crippen LogP contribution in [0.5, 0.6) is 0 Å². The fourth-order valence-electron chi connectivity index (χ4n) is 2.72. The van der Waals surface area contributed by atoms with E-state index in [-0.39, 0.29) is 12.7 Å². The van der Waals surface area contributed by atoms with Gasteiger partial charge in [0.05, 0.1) is 19.3 Å². The minimum absolute atomic E-state index is 0.0233. The third-order valence-corrected chi connectivity index (χ3v) is 3.65.